The van der Waals surface area contributed by atoms with Gasteiger partial charge >= 0.3 is 0 Å². The molecule has 0 atom stereocenters. The first-order valence-electron chi connectivity index (χ1n) is 6.13. The van der Waals surface area contributed by atoms with E-state index in [1.54, 1.807) is 18.2 Å². The van der Waals surface area contributed by atoms with Gasteiger partial charge in [0.25, 0.3) is 0 Å². The van der Waals surface area contributed by atoms with Gasteiger partial charge in [-0.1, -0.05) is 23.2 Å². The van der Waals surface area contributed by atoms with Crippen LogP contribution in [0.3, 0.4) is 0 Å². The van der Waals surface area contributed by atoms with E-state index in [9.17, 15) is 0 Å². The summed E-state index contributed by atoms with van der Waals surface area (Å²) in [6.45, 7) is 2.71. The van der Waals surface area contributed by atoms with Crippen LogP contribution in [-0.4, -0.2) is 35.6 Å². The summed E-state index contributed by atoms with van der Waals surface area (Å²) in [6, 6.07) is 5.22. The third-order valence-electron chi connectivity index (χ3n) is 2.48. The Bertz CT molecular complexity index is 595. The molecule has 106 valence electrons. The quantitative estimate of drug-likeness (QED) is 0.938. The molecule has 1 aromatic carbocycles. The van der Waals surface area contributed by atoms with Crippen LogP contribution in [0.1, 0.15) is 6.92 Å². The summed E-state index contributed by atoms with van der Waals surface area (Å²) in [7, 11) is 3.75. The lowest BCUT2D eigenvalue weighted by molar-refractivity contribution is 0.953. The number of anilines is 2. The summed E-state index contributed by atoms with van der Waals surface area (Å²) in [5, 5.41) is 4.18. The van der Waals surface area contributed by atoms with Crippen molar-refractivity contribution in [1.29, 1.82) is 0 Å². The van der Waals surface area contributed by atoms with Gasteiger partial charge in [0.05, 0.1) is 0 Å². The average Bonchev–Trinajstić information content (AvgIpc) is 2.37. The number of hydrogen-bond acceptors (Lipinski definition) is 5. The Labute approximate surface area is 128 Å². The molecule has 0 aliphatic heterocycles. The number of nitrogens with one attached hydrogen (secondary N) is 1. The SMILES string of the molecule is CCNc1nc(-c2cc(Cl)cc(Cl)c2)nc(N(C)C)n1. The van der Waals surface area contributed by atoms with Gasteiger partial charge in [-0.15, -0.1) is 0 Å². The fraction of sp³-hybridized carbons (Fsp3) is 0.308. The van der Waals surface area contributed by atoms with Crippen molar-refractivity contribution in [3.63, 3.8) is 0 Å². The lowest BCUT2D eigenvalue weighted by Gasteiger charge is -2.13. The van der Waals surface area contributed by atoms with Gasteiger partial charge in [-0.3, -0.25) is 0 Å². The number of aromatic nitrogens is 3. The zero-order chi connectivity index (χ0) is 14.7. The molecule has 0 aliphatic rings. The van der Waals surface area contributed by atoms with Crippen molar-refractivity contribution in [2.45, 2.75) is 6.92 Å². The van der Waals surface area contributed by atoms with Crippen molar-refractivity contribution in [2.24, 2.45) is 0 Å². The topological polar surface area (TPSA) is 53.9 Å². The van der Waals surface area contributed by atoms with E-state index < -0.39 is 0 Å². The molecule has 0 saturated carbocycles. The second-order valence-electron chi connectivity index (χ2n) is 4.37. The average molecular weight is 312 g/mol. The van der Waals surface area contributed by atoms with Crippen LogP contribution in [-0.2, 0) is 0 Å². The van der Waals surface area contributed by atoms with Crippen LogP contribution in [0.5, 0.6) is 0 Å². The van der Waals surface area contributed by atoms with E-state index in [0.717, 1.165) is 12.1 Å². The van der Waals surface area contributed by atoms with Gasteiger partial charge in [-0.05, 0) is 25.1 Å². The number of rotatable bonds is 4. The monoisotopic (exact) mass is 311 g/mol. The van der Waals surface area contributed by atoms with Crippen molar-refractivity contribution in [3.05, 3.63) is 28.2 Å². The fourth-order valence-corrected chi connectivity index (χ4v) is 2.14. The van der Waals surface area contributed by atoms with Crippen LogP contribution >= 0.6 is 23.2 Å². The van der Waals surface area contributed by atoms with Crippen LogP contribution in [0, 0.1) is 0 Å². The molecule has 0 amide bonds. The lowest BCUT2D eigenvalue weighted by Crippen LogP contribution is -2.15. The number of hydrogen-bond donors (Lipinski definition) is 1. The van der Waals surface area contributed by atoms with E-state index in [1.165, 1.54) is 0 Å². The number of nitrogens with zero attached hydrogens (tertiary/aromatic N) is 4. The Hall–Kier alpha value is -1.59. The summed E-state index contributed by atoms with van der Waals surface area (Å²) >= 11 is 12.0. The maximum Gasteiger partial charge on any atom is 0.230 e. The lowest BCUT2D eigenvalue weighted by atomic mass is 10.2. The molecule has 0 radical (unpaired) electrons. The zero-order valence-corrected chi connectivity index (χ0v) is 13.0. The van der Waals surface area contributed by atoms with E-state index in [2.05, 4.69) is 20.3 Å². The Kier molecular flexibility index (Phi) is 4.62. The molecular formula is C13H15Cl2N5. The third-order valence-corrected chi connectivity index (χ3v) is 2.92. The van der Waals surface area contributed by atoms with Gasteiger partial charge in [-0.2, -0.15) is 15.0 Å². The highest BCUT2D eigenvalue weighted by Crippen LogP contribution is 2.26. The van der Waals surface area contributed by atoms with E-state index in [0.29, 0.717) is 27.8 Å². The van der Waals surface area contributed by atoms with Crippen LogP contribution < -0.4 is 10.2 Å². The predicted molar refractivity (Wildman–Crippen MR) is 83.8 cm³/mol. The molecule has 1 heterocycles. The normalized spacial score (nSPS) is 10.4. The van der Waals surface area contributed by atoms with Gasteiger partial charge in [0, 0.05) is 36.2 Å². The van der Waals surface area contributed by atoms with Gasteiger partial charge in [0.2, 0.25) is 11.9 Å². The molecule has 7 heteroatoms. The van der Waals surface area contributed by atoms with Gasteiger partial charge in [-0.25, -0.2) is 0 Å². The largest absolute Gasteiger partial charge is 0.354 e. The minimum Gasteiger partial charge on any atom is -0.354 e. The maximum atomic E-state index is 6.02. The minimum absolute atomic E-state index is 0.525. The first-order valence-corrected chi connectivity index (χ1v) is 6.89. The van der Waals surface area contributed by atoms with Gasteiger partial charge in [0.15, 0.2) is 5.82 Å². The van der Waals surface area contributed by atoms with Crippen LogP contribution in [0.2, 0.25) is 10.0 Å². The molecule has 0 spiro atoms. The summed E-state index contributed by atoms with van der Waals surface area (Å²) in [5.74, 6) is 1.63. The molecule has 1 aromatic heterocycles. The number of benzene rings is 1. The van der Waals surface area contributed by atoms with Crippen LogP contribution in [0.4, 0.5) is 11.9 Å². The molecule has 0 bridgehead atoms. The Balaban J connectivity index is 2.54. The summed E-state index contributed by atoms with van der Waals surface area (Å²) in [5.41, 5.74) is 0.757. The van der Waals surface area contributed by atoms with Crippen LogP contribution in [0.25, 0.3) is 11.4 Å². The molecule has 20 heavy (non-hydrogen) atoms. The minimum atomic E-state index is 0.525. The van der Waals surface area contributed by atoms with E-state index in [-0.39, 0.29) is 0 Å². The molecule has 2 aromatic rings. The van der Waals surface area contributed by atoms with E-state index in [4.69, 9.17) is 23.2 Å². The second-order valence-corrected chi connectivity index (χ2v) is 5.24. The van der Waals surface area contributed by atoms with E-state index >= 15 is 0 Å². The Morgan fingerprint density at radius 1 is 1.05 bits per heavy atom. The second kappa shape index (κ2) is 6.24. The fourth-order valence-electron chi connectivity index (χ4n) is 1.61. The molecule has 2 rings (SSSR count). The molecule has 0 aliphatic carbocycles. The maximum absolute atomic E-state index is 6.02. The Morgan fingerprint density at radius 2 is 1.70 bits per heavy atom. The summed E-state index contributed by atoms with van der Waals surface area (Å²) in [4.78, 5) is 14.9. The number of halogens is 2. The van der Waals surface area contributed by atoms with Crippen molar-refractivity contribution in [3.8, 4) is 11.4 Å². The van der Waals surface area contributed by atoms with Gasteiger partial charge in [0.1, 0.15) is 0 Å². The molecule has 5 nitrogen and oxygen atoms in total. The zero-order valence-electron chi connectivity index (χ0n) is 11.5. The van der Waals surface area contributed by atoms with Crippen LogP contribution in [0.15, 0.2) is 18.2 Å². The molecule has 0 unspecified atom stereocenters. The van der Waals surface area contributed by atoms with Crippen molar-refractivity contribution in [2.75, 3.05) is 30.9 Å². The smallest absolute Gasteiger partial charge is 0.230 e. The highest BCUT2D eigenvalue weighted by atomic mass is 35.5. The highest BCUT2D eigenvalue weighted by molar-refractivity contribution is 6.35. The van der Waals surface area contributed by atoms with Crippen molar-refractivity contribution in [1.82, 2.24) is 15.0 Å². The molecular weight excluding hydrogens is 297 g/mol. The Morgan fingerprint density at radius 3 is 2.25 bits per heavy atom. The standard InChI is InChI=1S/C13H15Cl2N5/c1-4-16-12-17-11(18-13(19-12)20(2)3)8-5-9(14)7-10(15)6-8/h5-7H,4H2,1-3H3,(H,16,17,18,19). The van der Waals surface area contributed by atoms with E-state index in [1.807, 2.05) is 25.9 Å². The summed E-state index contributed by atoms with van der Waals surface area (Å²) < 4.78 is 0. The first-order chi connectivity index (χ1) is 9.49. The van der Waals surface area contributed by atoms with Crippen molar-refractivity contribution < 1.29 is 0 Å². The van der Waals surface area contributed by atoms with Crippen molar-refractivity contribution >= 4 is 35.1 Å². The molecule has 0 fully saturated rings. The van der Waals surface area contributed by atoms with Gasteiger partial charge < -0.3 is 10.2 Å². The highest BCUT2D eigenvalue weighted by Gasteiger charge is 2.11. The summed E-state index contributed by atoms with van der Waals surface area (Å²) in [6.07, 6.45) is 0. The molecule has 1 N–H and O–H groups in total. The third kappa shape index (κ3) is 3.49. The first kappa shape index (κ1) is 14.8. The predicted octanol–water partition coefficient (Wildman–Crippen LogP) is 3.34. The molecule has 0 saturated heterocycles.